The lowest BCUT2D eigenvalue weighted by atomic mass is 10.0. The molecule has 0 saturated heterocycles. The van der Waals surface area contributed by atoms with E-state index in [4.69, 9.17) is 16.3 Å². The van der Waals surface area contributed by atoms with E-state index in [9.17, 15) is 13.2 Å². The normalized spacial score (nSPS) is 14.1. The number of rotatable bonds is 3. The second-order valence-electron chi connectivity index (χ2n) is 6.98. The number of hydrogen-bond donors (Lipinski definition) is 1. The zero-order valence-corrected chi connectivity index (χ0v) is 18.3. The Morgan fingerprint density at radius 2 is 1.97 bits per heavy atom. The highest BCUT2D eigenvalue weighted by Crippen LogP contribution is 2.42. The first kappa shape index (κ1) is 21.1. The maximum absolute atomic E-state index is 13.8. The Morgan fingerprint density at radius 1 is 1.17 bits per heavy atom. The van der Waals surface area contributed by atoms with Gasteiger partial charge in [-0.2, -0.15) is 18.3 Å². The molecule has 4 rings (SSSR count). The molecule has 9 heteroatoms. The number of nitrogens with zero attached hydrogens (tertiary/aromatic N) is 2. The summed E-state index contributed by atoms with van der Waals surface area (Å²) in [5.74, 6) is 1.17. The van der Waals surface area contributed by atoms with Crippen molar-refractivity contribution >= 4 is 33.3 Å². The van der Waals surface area contributed by atoms with Crippen molar-refractivity contribution in [2.45, 2.75) is 25.4 Å². The second-order valence-corrected chi connectivity index (χ2v) is 8.33. The molecule has 1 aliphatic rings. The third-order valence-corrected chi connectivity index (χ3v) is 5.77. The van der Waals surface area contributed by atoms with Crippen LogP contribution in [-0.2, 0) is 12.6 Å². The van der Waals surface area contributed by atoms with E-state index in [-0.39, 0.29) is 10.7 Å². The molecule has 158 valence electrons. The molecule has 0 saturated carbocycles. The molecule has 1 aliphatic heterocycles. The lowest BCUT2D eigenvalue weighted by Gasteiger charge is -2.16. The van der Waals surface area contributed by atoms with Crippen LogP contribution in [-0.4, -0.2) is 23.4 Å². The average molecular weight is 501 g/mol. The van der Waals surface area contributed by atoms with Crippen LogP contribution in [0.1, 0.15) is 24.0 Å². The van der Waals surface area contributed by atoms with Crippen LogP contribution in [0.4, 0.5) is 19.0 Å². The van der Waals surface area contributed by atoms with Gasteiger partial charge in [0, 0.05) is 27.2 Å². The van der Waals surface area contributed by atoms with Gasteiger partial charge in [0.2, 0.25) is 0 Å². The summed E-state index contributed by atoms with van der Waals surface area (Å²) in [6.07, 6.45) is -2.06. The van der Waals surface area contributed by atoms with Gasteiger partial charge in [-0.15, -0.1) is 0 Å². The Kier molecular flexibility index (Phi) is 5.72. The molecule has 0 fully saturated rings. The summed E-state index contributed by atoms with van der Waals surface area (Å²) in [7, 11) is 1.56. The van der Waals surface area contributed by atoms with E-state index >= 15 is 0 Å². The maximum atomic E-state index is 13.8. The van der Waals surface area contributed by atoms with Gasteiger partial charge in [-0.1, -0.05) is 27.5 Å². The minimum Gasteiger partial charge on any atom is -0.496 e. The van der Waals surface area contributed by atoms with E-state index in [1.54, 1.807) is 13.2 Å². The maximum Gasteiger partial charge on any atom is 0.418 e. The van der Waals surface area contributed by atoms with Crippen LogP contribution in [0.3, 0.4) is 0 Å². The molecular formula is C21H18BrClF3N3O. The molecule has 2 aromatic carbocycles. The number of nitrogens with one attached hydrogen (secondary N) is 1. The smallest absolute Gasteiger partial charge is 0.418 e. The number of fused-ring (bicyclic) bond motifs is 1. The summed E-state index contributed by atoms with van der Waals surface area (Å²) in [4.78, 5) is 0. The quantitative estimate of drug-likeness (QED) is 0.433. The standard InChI is InChI=1S/C21H18BrClF3N3O/c1-30-18-8-5-12(22)10-15(18)19-14-4-2-3-9-27-20(14)29(28-19)17-7-6-13(23)11-16(17)21(24,25)26/h5-8,10-11,27H,2-4,9H2,1H3. The van der Waals surface area contributed by atoms with Gasteiger partial charge >= 0.3 is 6.18 Å². The molecule has 0 radical (unpaired) electrons. The number of halogens is 5. The van der Waals surface area contributed by atoms with Gasteiger partial charge in [0.15, 0.2) is 0 Å². The monoisotopic (exact) mass is 499 g/mol. The molecule has 1 N–H and O–H groups in total. The minimum atomic E-state index is -4.57. The number of methoxy groups -OCH3 is 1. The highest BCUT2D eigenvalue weighted by atomic mass is 79.9. The van der Waals surface area contributed by atoms with Crippen molar-refractivity contribution in [3.05, 3.63) is 57.0 Å². The number of ether oxygens (including phenoxy) is 1. The molecule has 0 amide bonds. The average Bonchev–Trinajstić information content (AvgIpc) is 2.88. The van der Waals surface area contributed by atoms with E-state index in [1.807, 2.05) is 12.1 Å². The number of hydrogen-bond acceptors (Lipinski definition) is 3. The van der Waals surface area contributed by atoms with Gasteiger partial charge < -0.3 is 10.1 Å². The molecule has 0 aliphatic carbocycles. The van der Waals surface area contributed by atoms with Crippen LogP contribution < -0.4 is 10.1 Å². The van der Waals surface area contributed by atoms with Crippen molar-refractivity contribution in [2.24, 2.45) is 0 Å². The summed E-state index contributed by atoms with van der Waals surface area (Å²) in [5.41, 5.74) is 1.28. The zero-order chi connectivity index (χ0) is 21.5. The fourth-order valence-corrected chi connectivity index (χ4v) is 4.21. The Balaban J connectivity index is 2.00. The van der Waals surface area contributed by atoms with Crippen molar-refractivity contribution < 1.29 is 17.9 Å². The molecule has 30 heavy (non-hydrogen) atoms. The van der Waals surface area contributed by atoms with E-state index < -0.39 is 11.7 Å². The Hall–Kier alpha value is -2.19. The van der Waals surface area contributed by atoms with Crippen molar-refractivity contribution in [2.75, 3.05) is 19.0 Å². The topological polar surface area (TPSA) is 39.1 Å². The van der Waals surface area contributed by atoms with E-state index in [0.29, 0.717) is 35.8 Å². The van der Waals surface area contributed by atoms with Crippen molar-refractivity contribution in [3.63, 3.8) is 0 Å². The number of anilines is 1. The molecule has 0 spiro atoms. The number of aromatic nitrogens is 2. The Morgan fingerprint density at radius 3 is 2.70 bits per heavy atom. The first-order valence-corrected chi connectivity index (χ1v) is 10.5. The van der Waals surface area contributed by atoms with Gasteiger partial charge in [-0.3, -0.25) is 0 Å². The van der Waals surface area contributed by atoms with Crippen LogP contribution >= 0.6 is 27.5 Å². The summed E-state index contributed by atoms with van der Waals surface area (Å²) in [5, 5.41) is 7.93. The Bertz CT molecular complexity index is 1100. The van der Waals surface area contributed by atoms with Gasteiger partial charge in [0.05, 0.1) is 18.4 Å². The Labute approximate surface area is 185 Å². The molecule has 0 unspecified atom stereocenters. The van der Waals surface area contributed by atoms with Crippen molar-refractivity contribution in [3.8, 4) is 22.7 Å². The first-order chi connectivity index (χ1) is 14.3. The van der Waals surface area contributed by atoms with Gasteiger partial charge in [-0.25, -0.2) is 4.68 Å². The van der Waals surface area contributed by atoms with Crippen LogP contribution in [0.15, 0.2) is 40.9 Å². The SMILES string of the molecule is COc1ccc(Br)cc1-c1nn(-c2ccc(Cl)cc2C(F)(F)F)c2c1CCCCN2. The summed E-state index contributed by atoms with van der Waals surface area (Å²) >= 11 is 9.33. The predicted octanol–water partition coefficient (Wildman–Crippen LogP) is 6.73. The molecular weight excluding hydrogens is 483 g/mol. The van der Waals surface area contributed by atoms with Crippen LogP contribution in [0.2, 0.25) is 5.02 Å². The predicted molar refractivity (Wildman–Crippen MR) is 115 cm³/mol. The third-order valence-electron chi connectivity index (χ3n) is 5.04. The summed E-state index contributed by atoms with van der Waals surface area (Å²) < 4.78 is 49.0. The molecule has 2 heterocycles. The molecule has 1 aromatic heterocycles. The van der Waals surface area contributed by atoms with E-state index in [2.05, 4.69) is 26.3 Å². The lowest BCUT2D eigenvalue weighted by molar-refractivity contribution is -0.137. The number of alkyl halides is 3. The lowest BCUT2D eigenvalue weighted by Crippen LogP contribution is -2.14. The zero-order valence-electron chi connectivity index (χ0n) is 16.0. The number of benzene rings is 2. The van der Waals surface area contributed by atoms with E-state index in [0.717, 1.165) is 28.9 Å². The summed E-state index contributed by atoms with van der Waals surface area (Å²) in [6, 6.07) is 9.24. The molecule has 3 aromatic rings. The first-order valence-electron chi connectivity index (χ1n) is 9.36. The largest absolute Gasteiger partial charge is 0.496 e. The third kappa shape index (κ3) is 3.90. The van der Waals surface area contributed by atoms with Crippen LogP contribution in [0.25, 0.3) is 16.9 Å². The van der Waals surface area contributed by atoms with Gasteiger partial charge in [-0.05, 0) is 55.7 Å². The minimum absolute atomic E-state index is 0.0196. The summed E-state index contributed by atoms with van der Waals surface area (Å²) in [6.45, 7) is 0.655. The van der Waals surface area contributed by atoms with Gasteiger partial charge in [0.1, 0.15) is 17.3 Å². The highest BCUT2D eigenvalue weighted by Gasteiger charge is 2.36. The molecule has 4 nitrogen and oxygen atoms in total. The van der Waals surface area contributed by atoms with Crippen LogP contribution in [0, 0.1) is 0 Å². The fourth-order valence-electron chi connectivity index (χ4n) is 3.68. The highest BCUT2D eigenvalue weighted by molar-refractivity contribution is 9.10. The van der Waals surface area contributed by atoms with Crippen molar-refractivity contribution in [1.82, 2.24) is 9.78 Å². The second kappa shape index (κ2) is 8.15. The molecule has 0 bridgehead atoms. The molecule has 0 atom stereocenters. The van der Waals surface area contributed by atoms with E-state index in [1.165, 1.54) is 16.8 Å². The fraction of sp³-hybridized carbons (Fsp3) is 0.286. The van der Waals surface area contributed by atoms with Crippen molar-refractivity contribution in [1.29, 1.82) is 0 Å². The van der Waals surface area contributed by atoms with Crippen LogP contribution in [0.5, 0.6) is 5.75 Å². The van der Waals surface area contributed by atoms with Gasteiger partial charge in [0.25, 0.3) is 0 Å².